The van der Waals surface area contributed by atoms with Gasteiger partial charge in [0, 0.05) is 24.6 Å². The van der Waals surface area contributed by atoms with Crippen LogP contribution in [0.1, 0.15) is 46.5 Å². The van der Waals surface area contributed by atoms with Gasteiger partial charge in [0.15, 0.2) is 5.96 Å². The molecule has 30 heavy (non-hydrogen) atoms. The molecule has 3 rings (SSSR count). The molecule has 1 aliphatic heterocycles. The van der Waals surface area contributed by atoms with Gasteiger partial charge in [-0.3, -0.25) is 0 Å². The van der Waals surface area contributed by atoms with E-state index in [1.54, 1.807) is 11.3 Å². The van der Waals surface area contributed by atoms with Crippen molar-refractivity contribution in [1.29, 1.82) is 0 Å². The Hall–Kier alpha value is -1.23. The second kappa shape index (κ2) is 13.2. The quantitative estimate of drug-likeness (QED) is 0.294. The number of hydrogen-bond donors (Lipinski definition) is 2. The summed E-state index contributed by atoms with van der Waals surface area (Å²) in [6, 6.07) is 8.49. The van der Waals surface area contributed by atoms with Crippen molar-refractivity contribution < 1.29 is 9.47 Å². The van der Waals surface area contributed by atoms with Crippen LogP contribution in [0.5, 0.6) is 0 Å². The van der Waals surface area contributed by atoms with E-state index in [1.165, 1.54) is 16.0 Å². The van der Waals surface area contributed by atoms with Gasteiger partial charge in [0.05, 0.1) is 36.5 Å². The number of halogens is 1. The first-order valence-electron chi connectivity index (χ1n) is 10.4. The van der Waals surface area contributed by atoms with Gasteiger partial charge < -0.3 is 20.1 Å². The summed E-state index contributed by atoms with van der Waals surface area (Å²) in [6.45, 7) is 10.6. The monoisotopic (exact) mass is 544 g/mol. The van der Waals surface area contributed by atoms with Gasteiger partial charge in [-0.05, 0) is 44.7 Å². The van der Waals surface area contributed by atoms with Crippen molar-refractivity contribution in [2.75, 3.05) is 19.8 Å². The average molecular weight is 545 g/mol. The summed E-state index contributed by atoms with van der Waals surface area (Å²) in [5, 5.41) is 7.83. The lowest BCUT2D eigenvalue weighted by Crippen LogP contribution is -2.36. The molecule has 0 atom stereocenters. The highest BCUT2D eigenvalue weighted by Gasteiger charge is 2.14. The SMILES string of the molecule is CCNC(=NCc1cccc(COC2CCOCC2)c1)NCc1sc(C)nc1C.I. The highest BCUT2D eigenvalue weighted by atomic mass is 127. The molecule has 0 saturated carbocycles. The number of ether oxygens (including phenoxy) is 2. The van der Waals surface area contributed by atoms with Crippen LogP contribution in [-0.2, 0) is 29.2 Å². The van der Waals surface area contributed by atoms with Gasteiger partial charge in [0.1, 0.15) is 0 Å². The maximum absolute atomic E-state index is 6.04. The van der Waals surface area contributed by atoms with Crippen LogP contribution in [0.15, 0.2) is 29.3 Å². The number of benzene rings is 1. The Morgan fingerprint density at radius 1 is 1.23 bits per heavy atom. The third-order valence-corrected chi connectivity index (χ3v) is 5.90. The van der Waals surface area contributed by atoms with E-state index < -0.39 is 0 Å². The fourth-order valence-corrected chi connectivity index (χ4v) is 4.16. The van der Waals surface area contributed by atoms with Crippen molar-refractivity contribution in [2.45, 2.75) is 59.4 Å². The van der Waals surface area contributed by atoms with Crippen molar-refractivity contribution in [2.24, 2.45) is 4.99 Å². The van der Waals surface area contributed by atoms with Gasteiger partial charge >= 0.3 is 0 Å². The van der Waals surface area contributed by atoms with Gasteiger partial charge in [0.2, 0.25) is 0 Å². The highest BCUT2D eigenvalue weighted by molar-refractivity contribution is 14.0. The molecule has 0 spiro atoms. The molecule has 0 amide bonds. The zero-order chi connectivity index (χ0) is 20.5. The van der Waals surface area contributed by atoms with Crippen LogP contribution < -0.4 is 10.6 Å². The number of aliphatic imine (C=N–C) groups is 1. The second-order valence-electron chi connectivity index (χ2n) is 7.23. The van der Waals surface area contributed by atoms with E-state index in [2.05, 4.69) is 53.7 Å². The molecule has 1 fully saturated rings. The first-order chi connectivity index (χ1) is 14.1. The van der Waals surface area contributed by atoms with Gasteiger partial charge in [-0.1, -0.05) is 24.3 Å². The average Bonchev–Trinajstić information content (AvgIpc) is 3.06. The van der Waals surface area contributed by atoms with E-state index in [-0.39, 0.29) is 24.0 Å². The van der Waals surface area contributed by atoms with Gasteiger partial charge in [0.25, 0.3) is 0 Å². The van der Waals surface area contributed by atoms with Crippen LogP contribution in [0.4, 0.5) is 0 Å². The summed E-state index contributed by atoms with van der Waals surface area (Å²) in [5.74, 6) is 0.821. The molecule has 2 N–H and O–H groups in total. The Morgan fingerprint density at radius 2 is 2.00 bits per heavy atom. The molecule has 166 valence electrons. The van der Waals surface area contributed by atoms with Gasteiger partial charge in [-0.2, -0.15) is 0 Å². The zero-order valence-corrected chi connectivity index (χ0v) is 21.2. The minimum atomic E-state index is 0. The van der Waals surface area contributed by atoms with Crippen molar-refractivity contribution in [1.82, 2.24) is 15.6 Å². The van der Waals surface area contributed by atoms with Crippen LogP contribution in [0.25, 0.3) is 0 Å². The molecule has 0 aliphatic carbocycles. The van der Waals surface area contributed by atoms with Gasteiger partial charge in [-0.25, -0.2) is 9.98 Å². The second-order valence-corrected chi connectivity index (χ2v) is 8.52. The van der Waals surface area contributed by atoms with E-state index >= 15 is 0 Å². The number of nitrogens with one attached hydrogen (secondary N) is 2. The molecule has 2 heterocycles. The predicted octanol–water partition coefficient (Wildman–Crippen LogP) is 4.33. The third-order valence-electron chi connectivity index (χ3n) is 4.83. The number of guanidine groups is 1. The molecule has 2 aromatic rings. The summed E-state index contributed by atoms with van der Waals surface area (Å²) in [5.41, 5.74) is 3.46. The first kappa shape index (κ1) is 25.0. The van der Waals surface area contributed by atoms with E-state index in [0.29, 0.717) is 19.3 Å². The molecule has 1 aromatic heterocycles. The molecular formula is C22H33IN4O2S. The maximum atomic E-state index is 6.04. The summed E-state index contributed by atoms with van der Waals surface area (Å²) in [6.07, 6.45) is 2.29. The number of nitrogens with zero attached hydrogens (tertiary/aromatic N) is 2. The Bertz CT molecular complexity index is 806. The van der Waals surface area contributed by atoms with Crippen molar-refractivity contribution in [3.05, 3.63) is 51.0 Å². The smallest absolute Gasteiger partial charge is 0.191 e. The number of aromatic nitrogens is 1. The van der Waals surface area contributed by atoms with E-state index in [0.717, 1.165) is 55.8 Å². The highest BCUT2D eigenvalue weighted by Crippen LogP contribution is 2.17. The van der Waals surface area contributed by atoms with Crippen LogP contribution >= 0.6 is 35.3 Å². The lowest BCUT2D eigenvalue weighted by Gasteiger charge is -2.22. The van der Waals surface area contributed by atoms with Crippen LogP contribution in [0, 0.1) is 13.8 Å². The molecular weight excluding hydrogens is 511 g/mol. The third kappa shape index (κ3) is 8.13. The molecule has 0 unspecified atom stereocenters. The molecule has 0 radical (unpaired) electrons. The topological polar surface area (TPSA) is 67.8 Å². The Labute approximate surface area is 200 Å². The minimum Gasteiger partial charge on any atom is -0.381 e. The van der Waals surface area contributed by atoms with Crippen molar-refractivity contribution in [3.8, 4) is 0 Å². The Kier molecular flexibility index (Phi) is 11.0. The molecule has 1 saturated heterocycles. The van der Waals surface area contributed by atoms with E-state index in [1.807, 2.05) is 6.92 Å². The predicted molar refractivity (Wildman–Crippen MR) is 134 cm³/mol. The number of rotatable bonds is 8. The van der Waals surface area contributed by atoms with Crippen LogP contribution in [0.3, 0.4) is 0 Å². The lowest BCUT2D eigenvalue weighted by molar-refractivity contribution is -0.0390. The maximum Gasteiger partial charge on any atom is 0.191 e. The minimum absolute atomic E-state index is 0. The largest absolute Gasteiger partial charge is 0.381 e. The van der Waals surface area contributed by atoms with Gasteiger partial charge in [-0.15, -0.1) is 35.3 Å². The molecule has 1 aliphatic rings. The number of aryl methyl sites for hydroxylation is 2. The molecule has 0 bridgehead atoms. The normalized spacial score (nSPS) is 15.0. The zero-order valence-electron chi connectivity index (χ0n) is 18.1. The van der Waals surface area contributed by atoms with Crippen molar-refractivity contribution >= 4 is 41.3 Å². The summed E-state index contributed by atoms with van der Waals surface area (Å²) >= 11 is 1.73. The van der Waals surface area contributed by atoms with E-state index in [4.69, 9.17) is 14.5 Å². The summed E-state index contributed by atoms with van der Waals surface area (Å²) in [4.78, 5) is 10.5. The molecule has 1 aromatic carbocycles. The standard InChI is InChI=1S/C22H32N4O2S.HI/c1-4-23-22(25-14-21-16(2)26-17(3)29-21)24-13-18-6-5-7-19(12-18)15-28-20-8-10-27-11-9-20;/h5-7,12,20H,4,8-11,13-15H2,1-3H3,(H2,23,24,25);1H. The first-order valence-corrected chi connectivity index (χ1v) is 11.2. The molecule has 8 heteroatoms. The molecule has 6 nitrogen and oxygen atoms in total. The van der Waals surface area contributed by atoms with Crippen LogP contribution in [0.2, 0.25) is 0 Å². The Morgan fingerprint density at radius 3 is 2.70 bits per heavy atom. The summed E-state index contributed by atoms with van der Waals surface area (Å²) in [7, 11) is 0. The fourth-order valence-electron chi connectivity index (χ4n) is 3.29. The number of hydrogen-bond acceptors (Lipinski definition) is 5. The summed E-state index contributed by atoms with van der Waals surface area (Å²) < 4.78 is 11.4. The Balaban J connectivity index is 0.00000320. The lowest BCUT2D eigenvalue weighted by atomic mass is 10.1. The van der Waals surface area contributed by atoms with Crippen LogP contribution in [-0.4, -0.2) is 36.8 Å². The van der Waals surface area contributed by atoms with E-state index in [9.17, 15) is 0 Å². The number of thiazole rings is 1. The van der Waals surface area contributed by atoms with Crippen molar-refractivity contribution in [3.63, 3.8) is 0 Å². The fraction of sp³-hybridized carbons (Fsp3) is 0.545.